The Morgan fingerprint density at radius 3 is 2.62 bits per heavy atom. The molecule has 0 saturated heterocycles. The molecule has 1 aliphatic heterocycles. The highest BCUT2D eigenvalue weighted by atomic mass is 16.7. The maximum atomic E-state index is 12.6. The van der Waals surface area contributed by atoms with Gasteiger partial charge in [0.15, 0.2) is 17.3 Å². The molecule has 1 aliphatic carbocycles. The Kier molecular flexibility index (Phi) is 6.38. The molecule has 1 amide bonds. The van der Waals surface area contributed by atoms with Crippen LogP contribution in [0.5, 0.6) is 17.5 Å². The Bertz CT molecular complexity index is 1150. The van der Waals surface area contributed by atoms with Gasteiger partial charge in [0.25, 0.3) is 0 Å². The van der Waals surface area contributed by atoms with Crippen LogP contribution in [0.1, 0.15) is 46.0 Å². The highest BCUT2D eigenvalue weighted by molar-refractivity contribution is 5.92. The second-order valence-corrected chi connectivity index (χ2v) is 9.27. The molecule has 0 bridgehead atoms. The number of nitrogens with zero attached hydrogens (tertiary/aromatic N) is 3. The van der Waals surface area contributed by atoms with E-state index in [2.05, 4.69) is 29.2 Å². The monoisotopic (exact) mass is 462 g/mol. The zero-order valence-electron chi connectivity index (χ0n) is 19.6. The van der Waals surface area contributed by atoms with E-state index >= 15 is 0 Å². The molecule has 34 heavy (non-hydrogen) atoms. The van der Waals surface area contributed by atoms with Crippen LogP contribution in [-0.4, -0.2) is 34.1 Å². The van der Waals surface area contributed by atoms with Gasteiger partial charge in [-0.15, -0.1) is 5.10 Å². The topological polar surface area (TPSA) is 87.5 Å². The summed E-state index contributed by atoms with van der Waals surface area (Å²) in [7, 11) is 0. The lowest BCUT2D eigenvalue weighted by Crippen LogP contribution is -2.24. The quantitative estimate of drug-likeness (QED) is 0.518. The summed E-state index contributed by atoms with van der Waals surface area (Å²) in [6, 6.07) is 13.7. The van der Waals surface area contributed by atoms with E-state index in [1.165, 1.54) is 6.42 Å². The number of hydrogen-bond donors (Lipinski definition) is 1. The molecule has 0 radical (unpaired) electrons. The fraction of sp³-hybridized carbons (Fsp3) is 0.423. The third kappa shape index (κ3) is 4.85. The van der Waals surface area contributed by atoms with Gasteiger partial charge >= 0.3 is 6.01 Å². The Labute approximate surface area is 199 Å². The SMILES string of the molecule is CC(C)COc1nc(-c2ccc3c(c2)OCO3)n(-c2ccc(NC(=O)C3CCCCC3)cc2)n1. The average molecular weight is 463 g/mol. The first kappa shape index (κ1) is 22.3. The highest BCUT2D eigenvalue weighted by Gasteiger charge is 2.22. The Hall–Kier alpha value is -3.55. The van der Waals surface area contributed by atoms with Crippen molar-refractivity contribution in [2.24, 2.45) is 11.8 Å². The molecule has 1 saturated carbocycles. The molecule has 2 heterocycles. The minimum Gasteiger partial charge on any atom is -0.462 e. The molecule has 0 spiro atoms. The summed E-state index contributed by atoms with van der Waals surface area (Å²) in [5.74, 6) is 2.60. The van der Waals surface area contributed by atoms with Crippen molar-refractivity contribution in [2.45, 2.75) is 46.0 Å². The predicted octanol–water partition coefficient (Wildman–Crippen LogP) is 5.22. The fourth-order valence-electron chi connectivity index (χ4n) is 4.29. The first-order valence-corrected chi connectivity index (χ1v) is 12.0. The van der Waals surface area contributed by atoms with Gasteiger partial charge in [-0.3, -0.25) is 4.79 Å². The first-order chi connectivity index (χ1) is 16.6. The van der Waals surface area contributed by atoms with Crippen LogP contribution in [0.4, 0.5) is 5.69 Å². The molecule has 8 nitrogen and oxygen atoms in total. The lowest BCUT2D eigenvalue weighted by Gasteiger charge is -2.20. The standard InChI is InChI=1S/C26H30N4O4/c1-17(2)15-32-26-28-24(19-8-13-22-23(14-19)34-16-33-22)30(29-26)21-11-9-20(10-12-21)27-25(31)18-6-4-3-5-7-18/h8-14,17-18H,3-7,15-16H2,1-2H3,(H,27,31). The van der Waals surface area contributed by atoms with Gasteiger partial charge in [-0.25, -0.2) is 4.68 Å². The number of carbonyl (C=O) groups is 1. The third-order valence-corrected chi connectivity index (χ3v) is 6.12. The van der Waals surface area contributed by atoms with Gasteiger partial charge in [-0.1, -0.05) is 33.1 Å². The molecule has 2 aromatic carbocycles. The number of benzene rings is 2. The lowest BCUT2D eigenvalue weighted by atomic mass is 9.88. The van der Waals surface area contributed by atoms with Crippen LogP contribution >= 0.6 is 0 Å². The minimum atomic E-state index is 0.110. The van der Waals surface area contributed by atoms with Crippen molar-refractivity contribution in [3.05, 3.63) is 42.5 Å². The van der Waals surface area contributed by atoms with Gasteiger partial charge < -0.3 is 19.5 Å². The summed E-state index contributed by atoms with van der Waals surface area (Å²) in [6.45, 7) is 4.89. The largest absolute Gasteiger partial charge is 0.462 e. The van der Waals surface area contributed by atoms with Gasteiger partial charge in [-0.2, -0.15) is 4.98 Å². The maximum absolute atomic E-state index is 12.6. The second-order valence-electron chi connectivity index (χ2n) is 9.27. The summed E-state index contributed by atoms with van der Waals surface area (Å²) in [5, 5.41) is 7.67. The molecule has 1 aromatic heterocycles. The number of amides is 1. The van der Waals surface area contributed by atoms with E-state index in [0.29, 0.717) is 35.9 Å². The number of nitrogens with one attached hydrogen (secondary N) is 1. The fourth-order valence-corrected chi connectivity index (χ4v) is 4.29. The van der Waals surface area contributed by atoms with Crippen molar-refractivity contribution < 1.29 is 19.0 Å². The van der Waals surface area contributed by atoms with E-state index in [0.717, 1.165) is 42.6 Å². The second kappa shape index (κ2) is 9.75. The van der Waals surface area contributed by atoms with Gasteiger partial charge in [0.05, 0.1) is 12.3 Å². The zero-order valence-corrected chi connectivity index (χ0v) is 19.6. The molecule has 0 atom stereocenters. The number of carbonyl (C=O) groups excluding carboxylic acids is 1. The van der Waals surface area contributed by atoms with Gasteiger partial charge in [0.2, 0.25) is 12.7 Å². The van der Waals surface area contributed by atoms with Gasteiger partial charge in [0, 0.05) is 17.2 Å². The van der Waals surface area contributed by atoms with E-state index in [4.69, 9.17) is 14.2 Å². The number of rotatable bonds is 7. The molecule has 2 aliphatic rings. The van der Waals surface area contributed by atoms with E-state index in [1.54, 1.807) is 4.68 Å². The molecule has 5 rings (SSSR count). The minimum absolute atomic E-state index is 0.110. The van der Waals surface area contributed by atoms with E-state index in [1.807, 2.05) is 42.5 Å². The summed E-state index contributed by atoms with van der Waals surface area (Å²) < 4.78 is 18.5. The van der Waals surface area contributed by atoms with E-state index in [9.17, 15) is 4.79 Å². The van der Waals surface area contributed by atoms with Crippen molar-refractivity contribution in [1.29, 1.82) is 0 Å². The van der Waals surface area contributed by atoms with Crippen molar-refractivity contribution in [2.75, 3.05) is 18.7 Å². The molecular formula is C26H30N4O4. The summed E-state index contributed by atoms with van der Waals surface area (Å²) in [4.78, 5) is 17.3. The Morgan fingerprint density at radius 2 is 1.85 bits per heavy atom. The molecule has 0 unspecified atom stereocenters. The zero-order chi connectivity index (χ0) is 23.5. The van der Waals surface area contributed by atoms with Crippen molar-refractivity contribution in [3.63, 3.8) is 0 Å². The molecule has 1 N–H and O–H groups in total. The smallest absolute Gasteiger partial charge is 0.336 e. The van der Waals surface area contributed by atoms with E-state index < -0.39 is 0 Å². The highest BCUT2D eigenvalue weighted by Crippen LogP contribution is 2.36. The van der Waals surface area contributed by atoms with Crippen LogP contribution in [0.3, 0.4) is 0 Å². The summed E-state index contributed by atoms with van der Waals surface area (Å²) in [6.07, 6.45) is 5.44. The normalized spacial score (nSPS) is 15.5. The van der Waals surface area contributed by atoms with Crippen LogP contribution in [0.15, 0.2) is 42.5 Å². The van der Waals surface area contributed by atoms with Crippen LogP contribution < -0.4 is 19.5 Å². The van der Waals surface area contributed by atoms with Crippen LogP contribution in [0, 0.1) is 11.8 Å². The van der Waals surface area contributed by atoms with Crippen molar-refractivity contribution in [3.8, 4) is 34.6 Å². The van der Waals surface area contributed by atoms with Crippen LogP contribution in [-0.2, 0) is 4.79 Å². The number of ether oxygens (including phenoxy) is 3. The Morgan fingerprint density at radius 1 is 1.09 bits per heavy atom. The number of fused-ring (bicyclic) bond motifs is 1. The average Bonchev–Trinajstić information content (AvgIpc) is 3.50. The molecular weight excluding hydrogens is 432 g/mol. The maximum Gasteiger partial charge on any atom is 0.336 e. The number of anilines is 1. The first-order valence-electron chi connectivity index (χ1n) is 12.0. The molecule has 3 aromatic rings. The van der Waals surface area contributed by atoms with Crippen LogP contribution in [0.2, 0.25) is 0 Å². The van der Waals surface area contributed by atoms with E-state index in [-0.39, 0.29) is 18.6 Å². The lowest BCUT2D eigenvalue weighted by molar-refractivity contribution is -0.120. The molecule has 178 valence electrons. The van der Waals surface area contributed by atoms with Gasteiger partial charge in [0.1, 0.15) is 0 Å². The molecule has 8 heteroatoms. The summed E-state index contributed by atoms with van der Waals surface area (Å²) in [5.41, 5.74) is 2.43. The predicted molar refractivity (Wildman–Crippen MR) is 128 cm³/mol. The van der Waals surface area contributed by atoms with Crippen molar-refractivity contribution >= 4 is 11.6 Å². The Balaban J connectivity index is 1.40. The molecule has 1 fully saturated rings. The van der Waals surface area contributed by atoms with Crippen LogP contribution in [0.25, 0.3) is 17.1 Å². The number of hydrogen-bond acceptors (Lipinski definition) is 6. The third-order valence-electron chi connectivity index (χ3n) is 6.12. The summed E-state index contributed by atoms with van der Waals surface area (Å²) >= 11 is 0. The van der Waals surface area contributed by atoms with Gasteiger partial charge in [-0.05, 0) is 61.2 Å². The number of aromatic nitrogens is 3. The van der Waals surface area contributed by atoms with Crippen molar-refractivity contribution in [1.82, 2.24) is 14.8 Å².